The van der Waals surface area contributed by atoms with Gasteiger partial charge in [-0.1, -0.05) is 6.07 Å². The molecule has 0 fully saturated rings. The van der Waals surface area contributed by atoms with Crippen molar-refractivity contribution in [2.45, 2.75) is 20.8 Å². The molecule has 1 rings (SSSR count). The molecule has 0 aliphatic heterocycles. The van der Waals surface area contributed by atoms with E-state index < -0.39 is 0 Å². The largest absolute Gasteiger partial charge is 0.494 e. The van der Waals surface area contributed by atoms with E-state index in [4.69, 9.17) is 4.74 Å². The van der Waals surface area contributed by atoms with E-state index in [0.29, 0.717) is 0 Å². The Labute approximate surface area is 97.4 Å². The fraction of sp³-hybridized carbons (Fsp3) is 0.500. The Morgan fingerprint density at radius 2 is 1.93 bits per heavy atom. The highest BCUT2D eigenvalue weighted by molar-refractivity contribution is 7.80. The van der Waals surface area contributed by atoms with Crippen LogP contribution in [0, 0.1) is 20.8 Å². The Hall–Kier alpha value is -0.830. The minimum atomic E-state index is 0.815. The predicted molar refractivity (Wildman–Crippen MR) is 69.5 cm³/mol. The van der Waals surface area contributed by atoms with E-state index in [1.165, 1.54) is 16.7 Å². The Kier molecular flexibility index (Phi) is 4.33. The smallest absolute Gasteiger partial charge is 0.145 e. The minimum absolute atomic E-state index is 0.815. The monoisotopic (exact) mass is 225 g/mol. The summed E-state index contributed by atoms with van der Waals surface area (Å²) in [5, 5.41) is 3.35. The number of methoxy groups -OCH3 is 1. The first-order valence-corrected chi connectivity index (χ1v) is 5.74. The highest BCUT2D eigenvalue weighted by atomic mass is 32.1. The standard InChI is InChI=1S/C12H19NOS/c1-8-7-9(2)11(13-5-6-15)12(14-4)10(8)3/h7,13,15H,5-6H2,1-4H3. The Balaban J connectivity index is 3.16. The van der Waals surface area contributed by atoms with Crippen LogP contribution in [0.15, 0.2) is 6.07 Å². The molecule has 0 unspecified atom stereocenters. The molecule has 1 aromatic rings. The van der Waals surface area contributed by atoms with Crippen LogP contribution in [0.25, 0.3) is 0 Å². The molecule has 0 radical (unpaired) electrons. The summed E-state index contributed by atoms with van der Waals surface area (Å²) in [5.41, 5.74) is 4.77. The average molecular weight is 225 g/mol. The van der Waals surface area contributed by atoms with Crippen LogP contribution in [0.5, 0.6) is 5.75 Å². The zero-order valence-electron chi connectivity index (χ0n) is 9.85. The van der Waals surface area contributed by atoms with E-state index in [0.717, 1.165) is 23.7 Å². The maximum atomic E-state index is 5.45. The lowest BCUT2D eigenvalue weighted by molar-refractivity contribution is 0.413. The quantitative estimate of drug-likeness (QED) is 0.769. The number of nitrogens with one attached hydrogen (secondary N) is 1. The molecule has 0 bridgehead atoms. The molecular formula is C12H19NOS. The number of benzene rings is 1. The molecule has 0 saturated carbocycles. The normalized spacial score (nSPS) is 10.2. The molecule has 0 saturated heterocycles. The molecule has 0 heterocycles. The molecule has 0 amide bonds. The molecule has 0 spiro atoms. The molecule has 1 aromatic carbocycles. The summed E-state index contributed by atoms with van der Waals surface area (Å²) in [6.07, 6.45) is 0. The lowest BCUT2D eigenvalue weighted by atomic mass is 10.0. The number of ether oxygens (including phenoxy) is 1. The van der Waals surface area contributed by atoms with Gasteiger partial charge in [0.2, 0.25) is 0 Å². The number of rotatable bonds is 4. The zero-order valence-corrected chi connectivity index (χ0v) is 10.7. The molecule has 3 heteroatoms. The van der Waals surface area contributed by atoms with Gasteiger partial charge in [0.1, 0.15) is 5.75 Å². The Morgan fingerprint density at radius 3 is 2.47 bits per heavy atom. The third-order valence-corrected chi connectivity index (χ3v) is 2.83. The van der Waals surface area contributed by atoms with E-state index >= 15 is 0 Å². The summed E-state index contributed by atoms with van der Waals surface area (Å²) < 4.78 is 5.45. The summed E-state index contributed by atoms with van der Waals surface area (Å²) in [4.78, 5) is 0. The second-order valence-electron chi connectivity index (χ2n) is 3.69. The van der Waals surface area contributed by atoms with Gasteiger partial charge in [-0.2, -0.15) is 12.6 Å². The van der Waals surface area contributed by atoms with Gasteiger partial charge < -0.3 is 10.1 Å². The second kappa shape index (κ2) is 5.31. The summed E-state index contributed by atoms with van der Waals surface area (Å²) in [6, 6.07) is 2.18. The van der Waals surface area contributed by atoms with Crippen LogP contribution < -0.4 is 10.1 Å². The Bertz CT molecular complexity index is 350. The highest BCUT2D eigenvalue weighted by Crippen LogP contribution is 2.33. The van der Waals surface area contributed by atoms with Crippen LogP contribution in [0.2, 0.25) is 0 Å². The maximum absolute atomic E-state index is 5.45. The Morgan fingerprint density at radius 1 is 1.27 bits per heavy atom. The molecule has 0 aromatic heterocycles. The van der Waals surface area contributed by atoms with Crippen molar-refractivity contribution in [1.82, 2.24) is 0 Å². The van der Waals surface area contributed by atoms with Crippen molar-refractivity contribution in [2.24, 2.45) is 0 Å². The van der Waals surface area contributed by atoms with E-state index in [2.05, 4.69) is 44.8 Å². The van der Waals surface area contributed by atoms with Gasteiger partial charge in [-0.15, -0.1) is 0 Å². The van der Waals surface area contributed by atoms with Crippen LogP contribution in [0.3, 0.4) is 0 Å². The lowest BCUT2D eigenvalue weighted by Crippen LogP contribution is -2.07. The number of anilines is 1. The SMILES string of the molecule is COc1c(C)c(C)cc(C)c1NCCS. The number of aryl methyl sites for hydroxylation is 2. The van der Waals surface area contributed by atoms with Gasteiger partial charge in [0.15, 0.2) is 0 Å². The van der Waals surface area contributed by atoms with E-state index in [9.17, 15) is 0 Å². The fourth-order valence-electron chi connectivity index (χ4n) is 1.71. The third kappa shape index (κ3) is 2.59. The second-order valence-corrected chi connectivity index (χ2v) is 4.14. The molecule has 1 N–H and O–H groups in total. The van der Waals surface area contributed by atoms with Crippen molar-refractivity contribution in [3.8, 4) is 5.75 Å². The molecular weight excluding hydrogens is 206 g/mol. The van der Waals surface area contributed by atoms with Crippen molar-refractivity contribution in [1.29, 1.82) is 0 Å². The van der Waals surface area contributed by atoms with Crippen molar-refractivity contribution < 1.29 is 4.74 Å². The molecule has 15 heavy (non-hydrogen) atoms. The average Bonchev–Trinajstić information content (AvgIpc) is 2.21. The number of hydrogen-bond acceptors (Lipinski definition) is 3. The van der Waals surface area contributed by atoms with Gasteiger partial charge in [-0.25, -0.2) is 0 Å². The summed E-state index contributed by atoms with van der Waals surface area (Å²) in [6.45, 7) is 7.13. The van der Waals surface area contributed by atoms with Crippen molar-refractivity contribution in [2.75, 3.05) is 24.7 Å². The van der Waals surface area contributed by atoms with Gasteiger partial charge in [0.25, 0.3) is 0 Å². The predicted octanol–water partition coefficient (Wildman–Crippen LogP) is 2.96. The third-order valence-electron chi connectivity index (χ3n) is 2.60. The highest BCUT2D eigenvalue weighted by Gasteiger charge is 2.11. The summed E-state index contributed by atoms with van der Waals surface area (Å²) in [5.74, 6) is 1.77. The summed E-state index contributed by atoms with van der Waals surface area (Å²) >= 11 is 4.19. The molecule has 0 aliphatic rings. The first-order chi connectivity index (χ1) is 7.11. The van der Waals surface area contributed by atoms with E-state index in [1.807, 2.05) is 0 Å². The van der Waals surface area contributed by atoms with E-state index in [1.54, 1.807) is 7.11 Å². The number of hydrogen-bond donors (Lipinski definition) is 2. The van der Waals surface area contributed by atoms with Crippen molar-refractivity contribution in [3.63, 3.8) is 0 Å². The first kappa shape index (κ1) is 12.2. The molecule has 0 atom stereocenters. The van der Waals surface area contributed by atoms with Crippen LogP contribution in [-0.4, -0.2) is 19.4 Å². The molecule has 84 valence electrons. The van der Waals surface area contributed by atoms with Crippen molar-refractivity contribution in [3.05, 3.63) is 22.8 Å². The zero-order chi connectivity index (χ0) is 11.4. The summed E-state index contributed by atoms with van der Waals surface area (Å²) in [7, 11) is 1.72. The topological polar surface area (TPSA) is 21.3 Å². The van der Waals surface area contributed by atoms with Crippen LogP contribution in [0.4, 0.5) is 5.69 Å². The van der Waals surface area contributed by atoms with Gasteiger partial charge in [-0.3, -0.25) is 0 Å². The van der Waals surface area contributed by atoms with Crippen LogP contribution in [-0.2, 0) is 0 Å². The van der Waals surface area contributed by atoms with Gasteiger partial charge in [0, 0.05) is 12.3 Å². The van der Waals surface area contributed by atoms with E-state index in [-0.39, 0.29) is 0 Å². The first-order valence-electron chi connectivity index (χ1n) is 5.11. The molecule has 0 aliphatic carbocycles. The minimum Gasteiger partial charge on any atom is -0.494 e. The molecule has 2 nitrogen and oxygen atoms in total. The van der Waals surface area contributed by atoms with Gasteiger partial charge >= 0.3 is 0 Å². The lowest BCUT2D eigenvalue weighted by Gasteiger charge is -2.17. The van der Waals surface area contributed by atoms with Gasteiger partial charge in [0.05, 0.1) is 12.8 Å². The fourth-order valence-corrected chi connectivity index (χ4v) is 1.82. The van der Waals surface area contributed by atoms with Crippen LogP contribution >= 0.6 is 12.6 Å². The number of thiol groups is 1. The van der Waals surface area contributed by atoms with Gasteiger partial charge in [-0.05, 0) is 37.5 Å². The van der Waals surface area contributed by atoms with Crippen LogP contribution in [0.1, 0.15) is 16.7 Å². The van der Waals surface area contributed by atoms with Crippen molar-refractivity contribution >= 4 is 18.3 Å². The maximum Gasteiger partial charge on any atom is 0.145 e.